The molecule has 0 rings (SSSR count). The van der Waals surface area contributed by atoms with Gasteiger partial charge < -0.3 is 11.1 Å². The molecule has 0 spiro atoms. The Morgan fingerprint density at radius 1 is 1.54 bits per heavy atom. The third-order valence-corrected chi connectivity index (χ3v) is 2.53. The maximum absolute atomic E-state index is 5.73. The van der Waals surface area contributed by atoms with Gasteiger partial charge in [-0.05, 0) is 19.8 Å². The second-order valence-corrected chi connectivity index (χ2v) is 3.98. The SMILES string of the molecule is C=C(NC)C(C)(C)CC/C(N)=C\C. The zero-order chi connectivity index (χ0) is 10.5. The topological polar surface area (TPSA) is 38.0 Å². The molecule has 0 amide bonds. The van der Waals surface area contributed by atoms with E-state index < -0.39 is 0 Å². The predicted molar refractivity (Wildman–Crippen MR) is 59.2 cm³/mol. The van der Waals surface area contributed by atoms with Crippen LogP contribution in [-0.4, -0.2) is 7.05 Å². The van der Waals surface area contributed by atoms with E-state index in [2.05, 4.69) is 25.7 Å². The standard InChI is InChI=1S/C11H22N2/c1-6-10(12)7-8-11(3,4)9(2)13-5/h6,13H,2,7-8,12H2,1,3-5H3/b10-6+. The number of nitrogens with one attached hydrogen (secondary N) is 1. The van der Waals surface area contributed by atoms with E-state index in [1.165, 1.54) is 0 Å². The predicted octanol–water partition coefficient (Wildman–Crippen LogP) is 2.39. The van der Waals surface area contributed by atoms with Crippen LogP contribution >= 0.6 is 0 Å². The first-order valence-corrected chi connectivity index (χ1v) is 4.72. The molecule has 2 heteroatoms. The summed E-state index contributed by atoms with van der Waals surface area (Å²) >= 11 is 0. The van der Waals surface area contributed by atoms with Crippen LogP contribution in [0.25, 0.3) is 0 Å². The smallest absolute Gasteiger partial charge is 0.00885 e. The third-order valence-electron chi connectivity index (χ3n) is 2.53. The Morgan fingerprint density at radius 3 is 2.46 bits per heavy atom. The van der Waals surface area contributed by atoms with Gasteiger partial charge in [0.05, 0.1) is 0 Å². The molecular formula is C11H22N2. The van der Waals surface area contributed by atoms with Crippen LogP contribution in [0, 0.1) is 5.41 Å². The Kier molecular flexibility index (Phi) is 4.60. The molecule has 3 N–H and O–H groups in total. The highest BCUT2D eigenvalue weighted by Gasteiger charge is 2.20. The van der Waals surface area contributed by atoms with Crippen LogP contribution in [0.4, 0.5) is 0 Å². The van der Waals surface area contributed by atoms with Crippen LogP contribution in [0.5, 0.6) is 0 Å². The molecule has 0 radical (unpaired) electrons. The van der Waals surface area contributed by atoms with E-state index in [1.807, 2.05) is 20.0 Å². The lowest BCUT2D eigenvalue weighted by molar-refractivity contribution is 0.388. The molecular weight excluding hydrogens is 160 g/mol. The molecule has 0 saturated carbocycles. The van der Waals surface area contributed by atoms with Crippen LogP contribution in [0.1, 0.15) is 33.6 Å². The molecule has 0 aromatic rings. The lowest BCUT2D eigenvalue weighted by Crippen LogP contribution is -2.23. The monoisotopic (exact) mass is 182 g/mol. The molecule has 0 atom stereocenters. The molecule has 0 heterocycles. The molecule has 0 aliphatic carbocycles. The molecule has 0 bridgehead atoms. The fraction of sp³-hybridized carbons (Fsp3) is 0.636. The number of hydrogen-bond donors (Lipinski definition) is 2. The Bertz CT molecular complexity index is 202. The van der Waals surface area contributed by atoms with Gasteiger partial charge >= 0.3 is 0 Å². The summed E-state index contributed by atoms with van der Waals surface area (Å²) in [7, 11) is 1.91. The Morgan fingerprint density at radius 2 is 2.08 bits per heavy atom. The summed E-state index contributed by atoms with van der Waals surface area (Å²) in [6.07, 6.45) is 3.92. The Labute approximate surface area is 81.9 Å². The molecule has 0 unspecified atom stereocenters. The van der Waals surface area contributed by atoms with Crippen molar-refractivity contribution in [3.63, 3.8) is 0 Å². The van der Waals surface area contributed by atoms with Gasteiger partial charge in [-0.3, -0.25) is 0 Å². The van der Waals surface area contributed by atoms with Gasteiger partial charge in [0.1, 0.15) is 0 Å². The van der Waals surface area contributed by atoms with Gasteiger partial charge in [-0.15, -0.1) is 0 Å². The van der Waals surface area contributed by atoms with Crippen molar-refractivity contribution in [1.29, 1.82) is 0 Å². The lowest BCUT2D eigenvalue weighted by atomic mass is 9.84. The molecule has 76 valence electrons. The summed E-state index contributed by atoms with van der Waals surface area (Å²) < 4.78 is 0. The molecule has 0 aliphatic rings. The van der Waals surface area contributed by atoms with E-state index in [0.29, 0.717) is 0 Å². The minimum Gasteiger partial charge on any atom is -0.402 e. The summed E-state index contributed by atoms with van der Waals surface area (Å²) in [6.45, 7) is 10.3. The van der Waals surface area contributed by atoms with Gasteiger partial charge in [0.2, 0.25) is 0 Å². The van der Waals surface area contributed by atoms with Gasteiger partial charge in [0.15, 0.2) is 0 Å². The number of allylic oxidation sites excluding steroid dienone is 3. The Hall–Kier alpha value is -0.920. The highest BCUT2D eigenvalue weighted by atomic mass is 14.8. The first kappa shape index (κ1) is 12.1. The van der Waals surface area contributed by atoms with Crippen LogP contribution < -0.4 is 11.1 Å². The van der Waals surface area contributed by atoms with Crippen LogP contribution in [0.3, 0.4) is 0 Å². The van der Waals surface area contributed by atoms with Gasteiger partial charge in [-0.1, -0.05) is 26.5 Å². The summed E-state index contributed by atoms with van der Waals surface area (Å²) in [4.78, 5) is 0. The quantitative estimate of drug-likeness (QED) is 0.685. The van der Waals surface area contributed by atoms with Gasteiger partial charge in [-0.25, -0.2) is 0 Å². The molecule has 13 heavy (non-hydrogen) atoms. The highest BCUT2D eigenvalue weighted by molar-refractivity contribution is 5.06. The maximum Gasteiger partial charge on any atom is 0.00885 e. The van der Waals surface area contributed by atoms with Gasteiger partial charge in [0.25, 0.3) is 0 Å². The fourth-order valence-electron chi connectivity index (χ4n) is 1.09. The zero-order valence-electron chi connectivity index (χ0n) is 9.28. The van der Waals surface area contributed by atoms with E-state index >= 15 is 0 Å². The molecule has 0 fully saturated rings. The van der Waals surface area contributed by atoms with Crippen molar-refractivity contribution in [3.8, 4) is 0 Å². The van der Waals surface area contributed by atoms with Crippen molar-refractivity contribution >= 4 is 0 Å². The number of rotatable bonds is 5. The van der Waals surface area contributed by atoms with E-state index in [9.17, 15) is 0 Å². The second-order valence-electron chi connectivity index (χ2n) is 3.98. The first-order chi connectivity index (χ1) is 5.94. The third kappa shape index (κ3) is 4.02. The van der Waals surface area contributed by atoms with Crippen LogP contribution in [0.15, 0.2) is 24.0 Å². The van der Waals surface area contributed by atoms with Gasteiger partial charge in [0, 0.05) is 23.9 Å². The average Bonchev–Trinajstić information content (AvgIpc) is 2.12. The van der Waals surface area contributed by atoms with Crippen molar-refractivity contribution in [3.05, 3.63) is 24.0 Å². The minimum atomic E-state index is 0.113. The molecule has 0 aromatic heterocycles. The van der Waals surface area contributed by atoms with Crippen LogP contribution in [-0.2, 0) is 0 Å². The van der Waals surface area contributed by atoms with E-state index in [1.54, 1.807) is 0 Å². The van der Waals surface area contributed by atoms with Crippen molar-refractivity contribution < 1.29 is 0 Å². The largest absolute Gasteiger partial charge is 0.402 e. The average molecular weight is 182 g/mol. The second kappa shape index (κ2) is 4.95. The molecule has 0 saturated heterocycles. The minimum absolute atomic E-state index is 0.113. The summed E-state index contributed by atoms with van der Waals surface area (Å²) in [5.74, 6) is 0. The van der Waals surface area contributed by atoms with Gasteiger partial charge in [-0.2, -0.15) is 0 Å². The van der Waals surface area contributed by atoms with Crippen molar-refractivity contribution in [2.24, 2.45) is 11.1 Å². The fourth-order valence-corrected chi connectivity index (χ4v) is 1.09. The number of hydrogen-bond acceptors (Lipinski definition) is 2. The molecule has 0 aromatic carbocycles. The van der Waals surface area contributed by atoms with E-state index in [0.717, 1.165) is 24.2 Å². The zero-order valence-corrected chi connectivity index (χ0v) is 9.28. The van der Waals surface area contributed by atoms with Crippen molar-refractivity contribution in [2.75, 3.05) is 7.05 Å². The van der Waals surface area contributed by atoms with E-state index in [4.69, 9.17) is 5.73 Å². The summed E-state index contributed by atoms with van der Waals surface area (Å²) in [6, 6.07) is 0. The lowest BCUT2D eigenvalue weighted by Gasteiger charge is -2.27. The Balaban J connectivity index is 4.11. The van der Waals surface area contributed by atoms with Crippen LogP contribution in [0.2, 0.25) is 0 Å². The van der Waals surface area contributed by atoms with Crippen molar-refractivity contribution in [1.82, 2.24) is 5.32 Å². The molecule has 2 nitrogen and oxygen atoms in total. The highest BCUT2D eigenvalue weighted by Crippen LogP contribution is 2.29. The van der Waals surface area contributed by atoms with Crippen molar-refractivity contribution in [2.45, 2.75) is 33.6 Å². The summed E-state index contributed by atoms with van der Waals surface area (Å²) in [5.41, 5.74) is 7.87. The summed E-state index contributed by atoms with van der Waals surface area (Å²) in [5, 5.41) is 3.09. The maximum atomic E-state index is 5.73. The number of nitrogens with two attached hydrogens (primary N) is 1. The normalized spacial score (nSPS) is 12.8. The van der Waals surface area contributed by atoms with E-state index in [-0.39, 0.29) is 5.41 Å². The molecule has 0 aliphatic heterocycles. The first-order valence-electron chi connectivity index (χ1n) is 4.72.